The number of carboxylic acids is 1. The molecule has 4 aromatic carbocycles. The molecule has 2 spiro atoms. The molecular formula is C56H65F3N4O5. The number of hydrogen-bond donors (Lipinski definition) is 1. The van der Waals surface area contributed by atoms with E-state index in [1.54, 1.807) is 60.7 Å². The maximum Gasteiger partial charge on any atom is 0.335 e. The highest BCUT2D eigenvalue weighted by Gasteiger charge is 2.54. The van der Waals surface area contributed by atoms with Crippen molar-refractivity contribution >= 4 is 35.2 Å². The van der Waals surface area contributed by atoms with Crippen LogP contribution in [0.3, 0.4) is 0 Å². The van der Waals surface area contributed by atoms with Gasteiger partial charge in [0.05, 0.1) is 23.2 Å². The van der Waals surface area contributed by atoms with E-state index >= 15 is 0 Å². The average molecular weight is 931 g/mol. The molecule has 0 bridgehead atoms. The maximum absolute atomic E-state index is 13.9. The molecule has 1 N–H and O–H groups in total. The van der Waals surface area contributed by atoms with Crippen molar-refractivity contribution in [3.63, 3.8) is 0 Å². The van der Waals surface area contributed by atoms with Crippen LogP contribution >= 0.6 is 0 Å². The van der Waals surface area contributed by atoms with Gasteiger partial charge in [-0.05, 0) is 171 Å². The Morgan fingerprint density at radius 2 is 0.912 bits per heavy atom. The number of carbonyl (C=O) groups is 4. The Labute approximate surface area is 399 Å². The Kier molecular flexibility index (Phi) is 14.4. The fourth-order valence-corrected chi connectivity index (χ4v) is 11.1. The van der Waals surface area contributed by atoms with Crippen LogP contribution in [0.25, 0.3) is 0 Å². The van der Waals surface area contributed by atoms with E-state index in [-0.39, 0.29) is 57.5 Å². The van der Waals surface area contributed by atoms with E-state index in [0.717, 1.165) is 62.5 Å². The first-order chi connectivity index (χ1) is 32.1. The molecule has 2 aliphatic heterocycles. The van der Waals surface area contributed by atoms with Gasteiger partial charge in [-0.2, -0.15) is 4.39 Å². The second kappa shape index (κ2) is 19.6. The molecule has 8 rings (SSSR count). The lowest BCUT2D eigenvalue weighted by atomic mass is 9.69. The number of amides is 2. The van der Waals surface area contributed by atoms with Crippen LogP contribution in [0.1, 0.15) is 175 Å². The smallest absolute Gasteiger partial charge is 0.335 e. The number of nitrogens with zero attached hydrogens (tertiary/aromatic N) is 4. The summed E-state index contributed by atoms with van der Waals surface area (Å²) >= 11 is 0. The van der Waals surface area contributed by atoms with Gasteiger partial charge in [-0.1, -0.05) is 79.7 Å². The summed E-state index contributed by atoms with van der Waals surface area (Å²) < 4.78 is 40.3. The topological polar surface area (TPSA) is 120 Å². The molecule has 9 nitrogen and oxygen atoms in total. The Morgan fingerprint density at radius 1 is 0.588 bits per heavy atom. The molecule has 2 atom stereocenters. The number of carboxylic acid groups (broad SMARTS) is 1. The predicted octanol–water partition coefficient (Wildman–Crippen LogP) is 12.9. The lowest BCUT2D eigenvalue weighted by Crippen LogP contribution is -2.51. The number of benzene rings is 4. The minimum Gasteiger partial charge on any atom is -0.478 e. The first kappa shape index (κ1) is 50.0. The van der Waals surface area contributed by atoms with Crippen molar-refractivity contribution in [2.45, 2.75) is 143 Å². The van der Waals surface area contributed by atoms with Crippen molar-refractivity contribution < 1.29 is 37.5 Å². The summed E-state index contributed by atoms with van der Waals surface area (Å²) in [6, 6.07) is 23.0. The van der Waals surface area contributed by atoms with E-state index in [0.29, 0.717) is 47.2 Å². The number of rotatable bonds is 10. The monoisotopic (exact) mass is 930 g/mol. The van der Waals surface area contributed by atoms with Gasteiger partial charge in [-0.3, -0.25) is 24.4 Å². The van der Waals surface area contributed by atoms with E-state index in [1.807, 2.05) is 23.6 Å². The fourth-order valence-electron chi connectivity index (χ4n) is 11.1. The van der Waals surface area contributed by atoms with E-state index < -0.39 is 23.3 Å². The van der Waals surface area contributed by atoms with Gasteiger partial charge in [0.25, 0.3) is 11.8 Å². The van der Waals surface area contributed by atoms with Crippen LogP contribution in [0.5, 0.6) is 0 Å². The molecule has 2 fully saturated rings. The number of aromatic carboxylic acids is 1. The highest BCUT2D eigenvalue weighted by molar-refractivity contribution is 6.47. The standard InChI is InChI=1S/C28H32F2N2O2.C28H33FN2O3/c1-5-23(18-6-8-20(9-7-18)25(30)33)32-26(34)24(19-10-12-22(29)13-11-19)31-28(32)16-14-21(15-17-28)27(2,3)4;1-5-23(18-6-8-20(9-7-18)26(33)34)31-25(32)24(19-10-12-22(29)13-11-19)30-28(31)16-14-21(15-17-28)27(2,3)4/h6-13,21,23H,5,14-17H2,1-4H3;6-13,21,23H,5,14-17H2,1-4H3,(H,33,34)/t2*21?,23-,28?/m11/s1. The second-order valence-corrected chi connectivity index (χ2v) is 21.2. The Balaban J connectivity index is 0.000000201. The van der Waals surface area contributed by atoms with Gasteiger partial charge in [0, 0.05) is 11.1 Å². The average Bonchev–Trinajstić information content (AvgIpc) is 3.73. The van der Waals surface area contributed by atoms with Crippen molar-refractivity contribution in [3.05, 3.63) is 142 Å². The molecule has 2 saturated carbocycles. The van der Waals surface area contributed by atoms with Crippen LogP contribution in [-0.4, -0.2) is 61.5 Å². The van der Waals surface area contributed by atoms with Gasteiger partial charge in [0.2, 0.25) is 0 Å². The predicted molar refractivity (Wildman–Crippen MR) is 259 cm³/mol. The zero-order valence-electron chi connectivity index (χ0n) is 40.6. The molecule has 360 valence electrons. The summed E-state index contributed by atoms with van der Waals surface area (Å²) in [5.74, 6) is -0.910. The molecule has 2 aliphatic carbocycles. The third kappa shape index (κ3) is 10.1. The number of halogens is 3. The van der Waals surface area contributed by atoms with E-state index in [1.165, 1.54) is 36.4 Å². The van der Waals surface area contributed by atoms with Crippen LogP contribution in [0, 0.1) is 34.3 Å². The number of aliphatic imine (C=N–C) groups is 2. The van der Waals surface area contributed by atoms with Gasteiger partial charge < -0.3 is 14.9 Å². The number of carbonyl (C=O) groups excluding carboxylic acids is 3. The first-order valence-corrected chi connectivity index (χ1v) is 24.1. The fraction of sp³-hybridized carbons (Fsp3) is 0.464. The normalized spacial score (nSPS) is 23.8. The third-order valence-corrected chi connectivity index (χ3v) is 15.1. The summed E-state index contributed by atoms with van der Waals surface area (Å²) in [5.41, 5.74) is 2.99. The largest absolute Gasteiger partial charge is 0.478 e. The van der Waals surface area contributed by atoms with Crippen LogP contribution in [0.15, 0.2) is 107 Å². The summed E-state index contributed by atoms with van der Waals surface area (Å²) in [5, 5.41) is 9.29. The molecule has 0 unspecified atom stereocenters. The van der Waals surface area contributed by atoms with Gasteiger partial charge in [-0.25, -0.2) is 13.6 Å². The van der Waals surface area contributed by atoms with Crippen LogP contribution in [0.4, 0.5) is 13.2 Å². The van der Waals surface area contributed by atoms with Crippen LogP contribution in [0.2, 0.25) is 0 Å². The minimum atomic E-state index is -1.48. The molecule has 2 heterocycles. The molecule has 0 radical (unpaired) electrons. The van der Waals surface area contributed by atoms with Crippen LogP contribution in [-0.2, 0) is 9.59 Å². The van der Waals surface area contributed by atoms with E-state index in [9.17, 15) is 37.5 Å². The molecule has 0 aromatic heterocycles. The highest BCUT2D eigenvalue weighted by atomic mass is 19.1. The van der Waals surface area contributed by atoms with Crippen molar-refractivity contribution in [2.75, 3.05) is 0 Å². The first-order valence-electron chi connectivity index (χ1n) is 24.1. The van der Waals surface area contributed by atoms with Crippen molar-refractivity contribution in [1.82, 2.24) is 9.80 Å². The van der Waals surface area contributed by atoms with Crippen molar-refractivity contribution in [3.8, 4) is 0 Å². The molecule has 4 aromatic rings. The van der Waals surface area contributed by atoms with Crippen molar-refractivity contribution in [2.24, 2.45) is 32.7 Å². The lowest BCUT2D eigenvalue weighted by Gasteiger charge is -2.47. The van der Waals surface area contributed by atoms with Gasteiger partial charge >= 0.3 is 12.0 Å². The zero-order chi connectivity index (χ0) is 49.3. The molecule has 12 heteroatoms. The molecule has 68 heavy (non-hydrogen) atoms. The summed E-state index contributed by atoms with van der Waals surface area (Å²) in [6.45, 7) is 17.6. The quantitative estimate of drug-likeness (QED) is 0.159. The van der Waals surface area contributed by atoms with E-state index in [2.05, 4.69) is 41.5 Å². The minimum absolute atomic E-state index is 0.00463. The van der Waals surface area contributed by atoms with Crippen LogP contribution < -0.4 is 0 Å². The number of hydrogen-bond acceptors (Lipinski definition) is 6. The summed E-state index contributed by atoms with van der Waals surface area (Å²) in [6.07, 6.45) is 8.23. The van der Waals surface area contributed by atoms with E-state index in [4.69, 9.17) is 9.98 Å². The lowest BCUT2D eigenvalue weighted by molar-refractivity contribution is -0.134. The molecular weight excluding hydrogens is 866 g/mol. The maximum atomic E-state index is 13.9. The Morgan fingerprint density at radius 3 is 1.19 bits per heavy atom. The van der Waals surface area contributed by atoms with Gasteiger partial charge in [0.15, 0.2) is 0 Å². The zero-order valence-corrected chi connectivity index (χ0v) is 40.6. The van der Waals surface area contributed by atoms with Gasteiger partial charge in [-0.15, -0.1) is 0 Å². The Hall–Kier alpha value is -5.91. The Bertz CT molecular complexity index is 2360. The SMILES string of the molecule is CC[C@H](c1ccc(C(=O)F)cc1)N1C(=O)C(c2ccc(F)cc2)=NC12CCC(C(C)(C)C)CC2.CC[C@H](c1ccc(C(=O)O)cc1)N1C(=O)C(c2ccc(F)cc2)=NC12CCC(C(C)(C)C)CC2. The summed E-state index contributed by atoms with van der Waals surface area (Å²) in [4.78, 5) is 64.2. The molecule has 2 amide bonds. The molecule has 0 saturated heterocycles. The van der Waals surface area contributed by atoms with Gasteiger partial charge in [0.1, 0.15) is 34.4 Å². The van der Waals surface area contributed by atoms with Crippen molar-refractivity contribution in [1.29, 1.82) is 0 Å². The second-order valence-electron chi connectivity index (χ2n) is 21.2. The highest BCUT2D eigenvalue weighted by Crippen LogP contribution is 2.51. The summed E-state index contributed by atoms with van der Waals surface area (Å²) in [7, 11) is 0. The third-order valence-electron chi connectivity index (χ3n) is 15.1. The molecule has 4 aliphatic rings.